The van der Waals surface area contributed by atoms with Crippen LogP contribution in [0.25, 0.3) is 11.5 Å². The summed E-state index contributed by atoms with van der Waals surface area (Å²) in [5, 5.41) is 0. The fourth-order valence-corrected chi connectivity index (χ4v) is 5.28. The van der Waals surface area contributed by atoms with Crippen LogP contribution in [-0.4, -0.2) is 23.5 Å². The highest BCUT2D eigenvalue weighted by Crippen LogP contribution is 2.42. The molecule has 7 heteroatoms. The van der Waals surface area contributed by atoms with E-state index in [2.05, 4.69) is 12.1 Å². The van der Waals surface area contributed by atoms with Crippen molar-refractivity contribution >= 4 is 29.3 Å². The standard InChI is InChI=1S/C29H26N2O4S/c1-5-34-29(33)20-12-13-26-24(15-20)31(28(32)21-8-6-7-9-25(21)36-26)16-23-19(4)35-27(30-23)22-14-17(2)10-11-18(22)3/h6-15H,5,16H2,1-4H3. The first-order valence-electron chi connectivity index (χ1n) is 11.8. The molecular formula is C29H26N2O4S. The summed E-state index contributed by atoms with van der Waals surface area (Å²) >= 11 is 1.51. The average molecular weight is 499 g/mol. The second kappa shape index (κ2) is 9.66. The van der Waals surface area contributed by atoms with Gasteiger partial charge in [0, 0.05) is 15.4 Å². The molecule has 0 bridgehead atoms. The first-order valence-corrected chi connectivity index (χ1v) is 12.6. The zero-order chi connectivity index (χ0) is 25.4. The molecule has 0 spiro atoms. The number of amides is 1. The smallest absolute Gasteiger partial charge is 0.338 e. The molecule has 0 radical (unpaired) electrons. The van der Waals surface area contributed by atoms with Crippen LogP contribution in [0.3, 0.4) is 0 Å². The van der Waals surface area contributed by atoms with Crippen molar-refractivity contribution < 1.29 is 18.7 Å². The summed E-state index contributed by atoms with van der Waals surface area (Å²) in [6.07, 6.45) is 0. The third kappa shape index (κ3) is 4.42. The molecule has 1 aliphatic heterocycles. The number of oxazole rings is 1. The fraction of sp³-hybridized carbons (Fsp3) is 0.207. The lowest BCUT2D eigenvalue weighted by Crippen LogP contribution is -2.31. The van der Waals surface area contributed by atoms with Gasteiger partial charge in [-0.05, 0) is 69.7 Å². The topological polar surface area (TPSA) is 72.6 Å². The Labute approximate surface area is 214 Å². The minimum Gasteiger partial charge on any atom is -0.462 e. The van der Waals surface area contributed by atoms with E-state index in [1.807, 2.05) is 57.2 Å². The van der Waals surface area contributed by atoms with Crippen LogP contribution in [-0.2, 0) is 11.3 Å². The van der Waals surface area contributed by atoms with E-state index in [0.717, 1.165) is 26.5 Å². The fourth-order valence-electron chi connectivity index (χ4n) is 4.22. The van der Waals surface area contributed by atoms with Crippen LogP contribution < -0.4 is 4.90 Å². The van der Waals surface area contributed by atoms with Crippen LogP contribution in [0.1, 0.15) is 50.2 Å². The molecule has 0 saturated carbocycles. The molecule has 1 aromatic heterocycles. The Hall–Kier alpha value is -3.84. The summed E-state index contributed by atoms with van der Waals surface area (Å²) in [5.74, 6) is 0.594. The first kappa shape index (κ1) is 23.9. The Kier molecular flexibility index (Phi) is 6.41. The van der Waals surface area contributed by atoms with E-state index in [9.17, 15) is 9.59 Å². The number of ether oxygens (including phenoxy) is 1. The number of hydrogen-bond acceptors (Lipinski definition) is 6. The maximum atomic E-state index is 13.8. The summed E-state index contributed by atoms with van der Waals surface area (Å²) in [4.78, 5) is 34.5. The number of anilines is 1. The van der Waals surface area contributed by atoms with Gasteiger partial charge < -0.3 is 14.1 Å². The SMILES string of the molecule is CCOC(=O)c1ccc2c(c1)N(Cc1nc(-c3cc(C)ccc3C)oc1C)C(=O)c1ccccc1S2. The summed E-state index contributed by atoms with van der Waals surface area (Å²) in [7, 11) is 0. The van der Waals surface area contributed by atoms with Gasteiger partial charge in [0.2, 0.25) is 5.89 Å². The van der Waals surface area contributed by atoms with Gasteiger partial charge in [0.25, 0.3) is 5.91 Å². The molecule has 0 unspecified atom stereocenters. The molecule has 0 atom stereocenters. The number of carbonyl (C=O) groups excluding carboxylic acids is 2. The molecule has 0 aliphatic carbocycles. The summed E-state index contributed by atoms with van der Waals surface area (Å²) in [5.41, 5.74) is 5.41. The number of aryl methyl sites for hydroxylation is 3. The lowest BCUT2D eigenvalue weighted by atomic mass is 10.1. The van der Waals surface area contributed by atoms with Gasteiger partial charge in [0.05, 0.1) is 30.0 Å². The normalized spacial score (nSPS) is 12.7. The largest absolute Gasteiger partial charge is 0.462 e. The molecule has 182 valence electrons. The Balaban J connectivity index is 1.60. The van der Waals surface area contributed by atoms with Crippen molar-refractivity contribution in [2.45, 2.75) is 44.0 Å². The van der Waals surface area contributed by atoms with Crippen molar-refractivity contribution in [2.75, 3.05) is 11.5 Å². The number of nitrogens with zero attached hydrogens (tertiary/aromatic N) is 2. The van der Waals surface area contributed by atoms with Crippen molar-refractivity contribution in [3.63, 3.8) is 0 Å². The van der Waals surface area contributed by atoms with E-state index in [1.54, 1.807) is 24.0 Å². The van der Waals surface area contributed by atoms with Gasteiger partial charge in [0.1, 0.15) is 11.5 Å². The number of carbonyl (C=O) groups is 2. The molecule has 5 rings (SSSR count). The molecule has 1 amide bonds. The van der Waals surface area contributed by atoms with E-state index in [0.29, 0.717) is 34.2 Å². The van der Waals surface area contributed by atoms with Gasteiger partial charge in [-0.1, -0.05) is 41.6 Å². The Morgan fingerprint density at radius 2 is 1.81 bits per heavy atom. The third-order valence-corrected chi connectivity index (χ3v) is 7.31. The molecule has 6 nitrogen and oxygen atoms in total. The van der Waals surface area contributed by atoms with Crippen LogP contribution in [0.5, 0.6) is 0 Å². The summed E-state index contributed by atoms with van der Waals surface area (Å²) < 4.78 is 11.3. The van der Waals surface area contributed by atoms with Crippen molar-refractivity contribution in [1.29, 1.82) is 0 Å². The van der Waals surface area contributed by atoms with Crippen LogP contribution in [0, 0.1) is 20.8 Å². The lowest BCUT2D eigenvalue weighted by Gasteiger charge is -2.23. The molecule has 0 fully saturated rings. The second-order valence-electron chi connectivity index (χ2n) is 8.73. The van der Waals surface area contributed by atoms with Gasteiger partial charge >= 0.3 is 5.97 Å². The Bertz CT molecular complexity index is 1490. The van der Waals surface area contributed by atoms with E-state index in [-0.39, 0.29) is 19.1 Å². The molecule has 4 aromatic rings. The minimum atomic E-state index is -0.422. The van der Waals surface area contributed by atoms with E-state index >= 15 is 0 Å². The lowest BCUT2D eigenvalue weighted by molar-refractivity contribution is 0.0526. The number of benzene rings is 3. The predicted octanol–water partition coefficient (Wildman–Crippen LogP) is 6.76. The number of rotatable bonds is 5. The minimum absolute atomic E-state index is 0.159. The zero-order valence-corrected chi connectivity index (χ0v) is 21.4. The predicted molar refractivity (Wildman–Crippen MR) is 140 cm³/mol. The summed E-state index contributed by atoms with van der Waals surface area (Å²) in [6.45, 7) is 8.16. The first-order chi connectivity index (χ1) is 17.4. The van der Waals surface area contributed by atoms with Crippen molar-refractivity contribution in [1.82, 2.24) is 4.98 Å². The number of esters is 1. The van der Waals surface area contributed by atoms with Crippen molar-refractivity contribution in [3.8, 4) is 11.5 Å². The Morgan fingerprint density at radius 1 is 1.00 bits per heavy atom. The van der Waals surface area contributed by atoms with Gasteiger partial charge in [-0.2, -0.15) is 0 Å². The molecule has 0 N–H and O–H groups in total. The maximum Gasteiger partial charge on any atom is 0.338 e. The van der Waals surface area contributed by atoms with Gasteiger partial charge in [-0.25, -0.2) is 9.78 Å². The van der Waals surface area contributed by atoms with Gasteiger partial charge in [-0.15, -0.1) is 0 Å². The van der Waals surface area contributed by atoms with Crippen LogP contribution in [0.15, 0.2) is 74.9 Å². The van der Waals surface area contributed by atoms with Gasteiger partial charge in [-0.3, -0.25) is 4.79 Å². The van der Waals surface area contributed by atoms with Crippen molar-refractivity contribution in [3.05, 3.63) is 94.4 Å². The van der Waals surface area contributed by atoms with Crippen LogP contribution in [0.4, 0.5) is 5.69 Å². The van der Waals surface area contributed by atoms with Crippen LogP contribution >= 0.6 is 11.8 Å². The summed E-state index contributed by atoms with van der Waals surface area (Å²) in [6, 6.07) is 19.0. The van der Waals surface area contributed by atoms with E-state index in [4.69, 9.17) is 14.1 Å². The average Bonchev–Trinajstić information content (AvgIpc) is 3.18. The van der Waals surface area contributed by atoms with Crippen molar-refractivity contribution in [2.24, 2.45) is 0 Å². The highest BCUT2D eigenvalue weighted by atomic mass is 32.2. The third-order valence-electron chi connectivity index (χ3n) is 6.17. The number of aromatic nitrogens is 1. The number of hydrogen-bond donors (Lipinski definition) is 0. The zero-order valence-electron chi connectivity index (χ0n) is 20.6. The number of fused-ring (bicyclic) bond motifs is 2. The maximum absolute atomic E-state index is 13.8. The molecule has 36 heavy (non-hydrogen) atoms. The highest BCUT2D eigenvalue weighted by molar-refractivity contribution is 7.99. The quantitative estimate of drug-likeness (QED) is 0.283. The molecule has 3 aromatic carbocycles. The molecule has 1 aliphatic rings. The molecular weight excluding hydrogens is 472 g/mol. The Morgan fingerprint density at radius 3 is 2.61 bits per heavy atom. The molecule has 2 heterocycles. The monoisotopic (exact) mass is 498 g/mol. The highest BCUT2D eigenvalue weighted by Gasteiger charge is 2.30. The molecule has 0 saturated heterocycles. The van der Waals surface area contributed by atoms with E-state index < -0.39 is 5.97 Å². The van der Waals surface area contributed by atoms with E-state index in [1.165, 1.54) is 11.8 Å². The van der Waals surface area contributed by atoms with Crippen LogP contribution in [0.2, 0.25) is 0 Å². The van der Waals surface area contributed by atoms with Gasteiger partial charge in [0.15, 0.2) is 0 Å². The second-order valence-corrected chi connectivity index (χ2v) is 9.82.